The van der Waals surface area contributed by atoms with Crippen LogP contribution in [0.15, 0.2) is 66.7 Å². The Morgan fingerprint density at radius 3 is 2.40 bits per heavy atom. The number of hydrogen-bond acceptors (Lipinski definition) is 7. The topological polar surface area (TPSA) is 99.2 Å². The van der Waals surface area contributed by atoms with Crippen LogP contribution in [0.2, 0.25) is 0 Å². The average Bonchev–Trinajstić information content (AvgIpc) is 3.36. The fourth-order valence-electron chi connectivity index (χ4n) is 5.10. The number of nitrogens with zero attached hydrogens (tertiary/aromatic N) is 1. The van der Waals surface area contributed by atoms with E-state index in [1.165, 1.54) is 14.0 Å². The molecular weight excluding hydrogens is 553 g/mol. The van der Waals surface area contributed by atoms with Gasteiger partial charge in [0.2, 0.25) is 5.91 Å². The van der Waals surface area contributed by atoms with Crippen LogP contribution < -0.4 is 0 Å². The molecule has 0 aromatic heterocycles. The normalized spacial score (nSPS) is 17.0. The molecule has 9 heteroatoms. The molecule has 1 aliphatic rings. The van der Waals surface area contributed by atoms with E-state index < -0.39 is 23.7 Å². The lowest BCUT2D eigenvalue weighted by Gasteiger charge is -2.29. The first-order valence-corrected chi connectivity index (χ1v) is 14.9. The number of ether oxygens (including phenoxy) is 3. The van der Waals surface area contributed by atoms with Crippen LogP contribution in [0.25, 0.3) is 0 Å². The number of likely N-dealkylation sites (tertiary alicyclic amines) is 1. The second-order valence-corrected chi connectivity index (χ2v) is 10.8. The Kier molecular flexibility index (Phi) is 12.9. The second kappa shape index (κ2) is 16.6. The summed E-state index contributed by atoms with van der Waals surface area (Å²) < 4.78 is 31.7. The van der Waals surface area contributed by atoms with Crippen LogP contribution in [-0.2, 0) is 40.7 Å². The van der Waals surface area contributed by atoms with Crippen molar-refractivity contribution in [3.8, 4) is 0 Å². The van der Waals surface area contributed by atoms with Crippen molar-refractivity contribution in [2.75, 3.05) is 20.3 Å². The minimum absolute atomic E-state index is 0.0381. The van der Waals surface area contributed by atoms with Crippen LogP contribution in [0.1, 0.15) is 80.3 Å². The summed E-state index contributed by atoms with van der Waals surface area (Å²) >= 11 is 0. The van der Waals surface area contributed by atoms with Crippen molar-refractivity contribution < 1.29 is 37.8 Å². The molecule has 1 aliphatic heterocycles. The second-order valence-electron chi connectivity index (χ2n) is 10.8. The number of methoxy groups -OCH3 is 1. The summed E-state index contributed by atoms with van der Waals surface area (Å²) in [6.07, 6.45) is 6.64. The summed E-state index contributed by atoms with van der Waals surface area (Å²) in [5, 5.41) is 0. The number of halogens is 1. The van der Waals surface area contributed by atoms with Gasteiger partial charge in [0.25, 0.3) is 0 Å². The van der Waals surface area contributed by atoms with Gasteiger partial charge in [-0.15, -0.1) is 0 Å². The highest BCUT2D eigenvalue weighted by Gasteiger charge is 2.38. The number of benzene rings is 2. The molecule has 1 amide bonds. The van der Waals surface area contributed by atoms with Gasteiger partial charge >= 0.3 is 17.9 Å². The maximum absolute atomic E-state index is 16.3. The molecule has 8 nitrogen and oxygen atoms in total. The molecule has 3 atom stereocenters. The van der Waals surface area contributed by atoms with E-state index in [9.17, 15) is 19.2 Å². The van der Waals surface area contributed by atoms with Crippen molar-refractivity contribution in [2.45, 2.75) is 83.0 Å². The molecule has 232 valence electrons. The molecule has 0 spiro atoms. The highest BCUT2D eigenvalue weighted by atomic mass is 19.1. The SMILES string of the molecule is CCOC(=O)CCCCCCN1C(=O)CC[C@@H]1/C=C/[C@@H](OC(=O)Cc1ccc(C(=O)OC)cc1)C(C)(F)c1ccccc1. The molecular formula is C34H42FNO7. The predicted molar refractivity (Wildman–Crippen MR) is 160 cm³/mol. The Morgan fingerprint density at radius 1 is 1.02 bits per heavy atom. The molecule has 1 unspecified atom stereocenters. The first-order chi connectivity index (χ1) is 20.6. The largest absolute Gasteiger partial charge is 0.466 e. The minimum Gasteiger partial charge on any atom is -0.466 e. The summed E-state index contributed by atoms with van der Waals surface area (Å²) in [7, 11) is 1.29. The van der Waals surface area contributed by atoms with Crippen LogP contribution in [0.4, 0.5) is 4.39 Å². The van der Waals surface area contributed by atoms with Gasteiger partial charge in [0.05, 0.1) is 31.7 Å². The lowest BCUT2D eigenvalue weighted by atomic mass is 9.91. The van der Waals surface area contributed by atoms with E-state index in [-0.39, 0.29) is 24.3 Å². The van der Waals surface area contributed by atoms with E-state index >= 15 is 4.39 Å². The van der Waals surface area contributed by atoms with Gasteiger partial charge < -0.3 is 19.1 Å². The maximum atomic E-state index is 16.3. The Labute approximate surface area is 253 Å². The molecule has 0 radical (unpaired) electrons. The highest BCUT2D eigenvalue weighted by Crippen LogP contribution is 2.33. The number of unbranched alkanes of at least 4 members (excludes halogenated alkanes) is 3. The highest BCUT2D eigenvalue weighted by molar-refractivity contribution is 5.89. The Hall–Kier alpha value is -4.01. The molecule has 1 heterocycles. The van der Waals surface area contributed by atoms with Crippen molar-refractivity contribution in [1.29, 1.82) is 0 Å². The van der Waals surface area contributed by atoms with Crippen molar-refractivity contribution in [2.24, 2.45) is 0 Å². The van der Waals surface area contributed by atoms with Gasteiger partial charge in [-0.25, -0.2) is 9.18 Å². The van der Waals surface area contributed by atoms with Gasteiger partial charge in [-0.3, -0.25) is 14.4 Å². The van der Waals surface area contributed by atoms with Gasteiger partial charge in [0, 0.05) is 19.4 Å². The molecule has 1 saturated heterocycles. The fourth-order valence-corrected chi connectivity index (χ4v) is 5.10. The Morgan fingerprint density at radius 2 is 1.72 bits per heavy atom. The number of hydrogen-bond donors (Lipinski definition) is 0. The fraction of sp³-hybridized carbons (Fsp3) is 0.471. The van der Waals surface area contributed by atoms with Gasteiger partial charge in [0.1, 0.15) is 0 Å². The Balaban J connectivity index is 1.66. The standard InChI is InChI=1S/C34H42FNO7/c1-4-42-31(38)14-10-5-6-11-23-36-28(20-22-30(36)37)19-21-29(34(2,35)27-12-8-7-9-13-27)43-32(39)24-25-15-17-26(18-16-25)33(40)41-3/h7-9,12-13,15-19,21,28-29H,4-6,10-11,14,20,22-24H2,1-3H3/b21-19+/t28-,29+,34?/m0/s1. The van der Waals surface area contributed by atoms with Gasteiger partial charge in [0.15, 0.2) is 11.8 Å². The minimum atomic E-state index is -2.03. The molecule has 0 N–H and O–H groups in total. The van der Waals surface area contributed by atoms with Crippen LogP contribution >= 0.6 is 0 Å². The molecule has 3 rings (SSSR count). The lowest BCUT2D eigenvalue weighted by molar-refractivity contribution is -0.153. The van der Waals surface area contributed by atoms with E-state index in [1.54, 1.807) is 78.6 Å². The van der Waals surface area contributed by atoms with E-state index in [0.29, 0.717) is 49.1 Å². The zero-order valence-electron chi connectivity index (χ0n) is 25.3. The van der Waals surface area contributed by atoms with Crippen LogP contribution in [0.5, 0.6) is 0 Å². The smallest absolute Gasteiger partial charge is 0.337 e. The zero-order valence-corrected chi connectivity index (χ0v) is 25.3. The first kappa shape index (κ1) is 33.5. The van der Waals surface area contributed by atoms with Crippen LogP contribution in [-0.4, -0.2) is 61.1 Å². The number of carbonyl (C=O) groups is 4. The van der Waals surface area contributed by atoms with Crippen molar-refractivity contribution in [3.05, 3.63) is 83.4 Å². The van der Waals surface area contributed by atoms with E-state index in [2.05, 4.69) is 0 Å². The van der Waals surface area contributed by atoms with Gasteiger partial charge in [-0.2, -0.15) is 0 Å². The van der Waals surface area contributed by atoms with Crippen LogP contribution in [0.3, 0.4) is 0 Å². The summed E-state index contributed by atoms with van der Waals surface area (Å²) in [5.74, 6) is -1.26. The van der Waals surface area contributed by atoms with Crippen molar-refractivity contribution in [1.82, 2.24) is 4.90 Å². The monoisotopic (exact) mass is 595 g/mol. The maximum Gasteiger partial charge on any atom is 0.337 e. The average molecular weight is 596 g/mol. The summed E-state index contributed by atoms with van der Waals surface area (Å²) in [4.78, 5) is 50.6. The molecule has 0 saturated carbocycles. The molecule has 0 bridgehead atoms. The van der Waals surface area contributed by atoms with Gasteiger partial charge in [-0.1, -0.05) is 61.4 Å². The number of carbonyl (C=O) groups excluding carboxylic acids is 4. The molecule has 0 aliphatic carbocycles. The van der Waals surface area contributed by atoms with E-state index in [4.69, 9.17) is 14.2 Å². The third kappa shape index (κ3) is 10.0. The van der Waals surface area contributed by atoms with Crippen LogP contribution in [0, 0.1) is 0 Å². The third-order valence-electron chi connectivity index (χ3n) is 7.57. The predicted octanol–water partition coefficient (Wildman–Crippen LogP) is 5.87. The van der Waals surface area contributed by atoms with Crippen molar-refractivity contribution >= 4 is 23.8 Å². The van der Waals surface area contributed by atoms with E-state index in [1.807, 2.05) is 0 Å². The van der Waals surface area contributed by atoms with Crippen molar-refractivity contribution in [3.63, 3.8) is 0 Å². The zero-order chi connectivity index (χ0) is 31.2. The van der Waals surface area contributed by atoms with E-state index in [0.717, 1.165) is 25.7 Å². The number of esters is 3. The lowest BCUT2D eigenvalue weighted by Crippen LogP contribution is -2.37. The number of amides is 1. The summed E-state index contributed by atoms with van der Waals surface area (Å²) in [5.41, 5.74) is -0.708. The van der Waals surface area contributed by atoms with Gasteiger partial charge in [-0.05, 0) is 62.4 Å². The molecule has 43 heavy (non-hydrogen) atoms. The third-order valence-corrected chi connectivity index (χ3v) is 7.57. The number of alkyl halides is 1. The Bertz CT molecular complexity index is 1240. The molecule has 2 aromatic rings. The summed E-state index contributed by atoms with van der Waals surface area (Å²) in [6, 6.07) is 14.7. The first-order valence-electron chi connectivity index (χ1n) is 14.9. The quantitative estimate of drug-likeness (QED) is 0.104. The molecule has 1 fully saturated rings. The molecule has 2 aromatic carbocycles. The summed E-state index contributed by atoms with van der Waals surface area (Å²) in [6.45, 7) is 4.10. The number of rotatable bonds is 16.